The van der Waals surface area contributed by atoms with Crippen LogP contribution in [0.4, 0.5) is 4.39 Å². The highest BCUT2D eigenvalue weighted by atomic mass is 19.1. The fraction of sp³-hybridized carbons (Fsp3) is 0.205. The van der Waals surface area contributed by atoms with E-state index in [0.29, 0.717) is 0 Å². The summed E-state index contributed by atoms with van der Waals surface area (Å²) in [6.45, 7) is 7.25. The van der Waals surface area contributed by atoms with Gasteiger partial charge in [-0.05, 0) is 104 Å². The summed E-state index contributed by atoms with van der Waals surface area (Å²) < 4.78 is 20.1. The summed E-state index contributed by atoms with van der Waals surface area (Å²) in [5, 5.41) is 16.4. The predicted octanol–water partition coefficient (Wildman–Crippen LogP) is 8.78. The van der Waals surface area contributed by atoms with Gasteiger partial charge in [-0.3, -0.25) is 0 Å². The monoisotopic (exact) mass is 578 g/mol. The third-order valence-electron chi connectivity index (χ3n) is 9.25. The fourth-order valence-corrected chi connectivity index (χ4v) is 6.10. The van der Waals surface area contributed by atoms with E-state index in [1.54, 1.807) is 21.3 Å². The molecule has 0 atom stereocenters. The van der Waals surface area contributed by atoms with Crippen molar-refractivity contribution in [2.75, 3.05) is 0 Å². The predicted molar refractivity (Wildman–Crippen MR) is 182 cm³/mol. The Labute approximate surface area is 258 Å². The van der Waals surface area contributed by atoms with E-state index in [2.05, 4.69) is 66.7 Å². The number of aromatic nitrogens is 1. The molecule has 0 saturated heterocycles. The van der Waals surface area contributed by atoms with E-state index in [4.69, 9.17) is 9.64 Å². The standard InChI is InChI=1S/C39H34BFNO2/c1-38(2,43)39(3,4)44-40-27-11-9-10-25(22-27)26-18-21-33-34(23-26)42-37(24-16-19-28(41)20-17-24)36-32-15-8-6-13-30(32)29-12-5-7-14-31(29)35(33)36/h5,7-12,14-23,43H,6,13H2,1-4H3. The maximum Gasteiger partial charge on any atom is 0.330 e. The van der Waals surface area contributed by atoms with Gasteiger partial charge < -0.3 is 9.76 Å². The van der Waals surface area contributed by atoms with Gasteiger partial charge in [0.1, 0.15) is 5.82 Å². The number of hydrogen-bond donors (Lipinski definition) is 1. The SMILES string of the molecule is CC(C)(O)C(C)(C)O[B]c1cccc(-c2ccc3c(c2)nc(-c2ccc(F)cc2)c2c4c(c5ccccc5c23)CCC=C4)c1. The summed E-state index contributed by atoms with van der Waals surface area (Å²) in [6, 6.07) is 30.0. The molecule has 1 aliphatic rings. The molecule has 1 heterocycles. The largest absolute Gasteiger partial charge is 0.427 e. The Bertz CT molecular complexity index is 2090. The summed E-state index contributed by atoms with van der Waals surface area (Å²) in [4.78, 5) is 5.31. The van der Waals surface area contributed by atoms with Gasteiger partial charge in [-0.15, -0.1) is 0 Å². The smallest absolute Gasteiger partial charge is 0.330 e. The third kappa shape index (κ3) is 4.90. The Morgan fingerprint density at radius 2 is 1.50 bits per heavy atom. The quantitative estimate of drug-likeness (QED) is 0.159. The fourth-order valence-electron chi connectivity index (χ4n) is 6.10. The Morgan fingerprint density at radius 1 is 0.773 bits per heavy atom. The average molecular weight is 579 g/mol. The van der Waals surface area contributed by atoms with Crippen LogP contribution in [0.5, 0.6) is 0 Å². The van der Waals surface area contributed by atoms with E-state index in [0.717, 1.165) is 57.0 Å². The van der Waals surface area contributed by atoms with E-state index in [9.17, 15) is 9.50 Å². The van der Waals surface area contributed by atoms with Crippen molar-refractivity contribution in [3.63, 3.8) is 0 Å². The molecule has 1 aromatic heterocycles. The minimum atomic E-state index is -1.00. The first-order chi connectivity index (χ1) is 21.1. The van der Waals surface area contributed by atoms with Crippen LogP contribution in [0.1, 0.15) is 45.2 Å². The van der Waals surface area contributed by atoms with Crippen molar-refractivity contribution < 1.29 is 14.2 Å². The number of nitrogens with zero attached hydrogens (tertiary/aromatic N) is 1. The molecule has 1 N–H and O–H groups in total. The van der Waals surface area contributed by atoms with Crippen molar-refractivity contribution in [2.45, 2.75) is 51.7 Å². The first kappa shape index (κ1) is 28.5. The molecule has 44 heavy (non-hydrogen) atoms. The van der Waals surface area contributed by atoms with E-state index in [-0.39, 0.29) is 5.82 Å². The molecule has 5 aromatic carbocycles. The molecule has 7 rings (SSSR count). The number of aliphatic hydroxyl groups is 1. The normalized spacial score (nSPS) is 13.5. The second kappa shape index (κ2) is 10.7. The highest BCUT2D eigenvalue weighted by Crippen LogP contribution is 2.44. The Balaban J connectivity index is 1.44. The van der Waals surface area contributed by atoms with Crippen molar-refractivity contribution >= 4 is 51.5 Å². The highest BCUT2D eigenvalue weighted by molar-refractivity contribution is 6.47. The van der Waals surface area contributed by atoms with Crippen molar-refractivity contribution in [3.05, 3.63) is 114 Å². The number of hydrogen-bond acceptors (Lipinski definition) is 3. The number of halogens is 1. The van der Waals surface area contributed by atoms with Crippen LogP contribution in [0.3, 0.4) is 0 Å². The summed E-state index contributed by atoms with van der Waals surface area (Å²) in [5.74, 6) is -0.264. The molecule has 5 heteroatoms. The molecule has 1 radical (unpaired) electrons. The third-order valence-corrected chi connectivity index (χ3v) is 9.25. The topological polar surface area (TPSA) is 42.4 Å². The summed E-state index contributed by atoms with van der Waals surface area (Å²) in [5.41, 5.74) is 6.41. The lowest BCUT2D eigenvalue weighted by Gasteiger charge is -2.37. The minimum Gasteiger partial charge on any atom is -0.427 e. The van der Waals surface area contributed by atoms with Crippen molar-refractivity contribution in [1.29, 1.82) is 0 Å². The molecular formula is C39H34BFNO2. The maximum absolute atomic E-state index is 14.0. The summed E-state index contributed by atoms with van der Waals surface area (Å²) >= 11 is 0. The molecule has 0 amide bonds. The summed E-state index contributed by atoms with van der Waals surface area (Å²) in [6.07, 6.45) is 6.47. The van der Waals surface area contributed by atoms with Gasteiger partial charge in [0.15, 0.2) is 0 Å². The molecule has 0 fully saturated rings. The van der Waals surface area contributed by atoms with Gasteiger partial charge in [0, 0.05) is 21.7 Å². The van der Waals surface area contributed by atoms with E-state index in [1.165, 1.54) is 39.4 Å². The van der Waals surface area contributed by atoms with Crippen LogP contribution in [0, 0.1) is 5.82 Å². The second-order valence-corrected chi connectivity index (χ2v) is 12.8. The average Bonchev–Trinajstić information content (AvgIpc) is 3.03. The first-order valence-corrected chi connectivity index (χ1v) is 15.2. The zero-order valence-electron chi connectivity index (χ0n) is 25.5. The first-order valence-electron chi connectivity index (χ1n) is 15.2. The van der Waals surface area contributed by atoms with Crippen LogP contribution in [0.2, 0.25) is 0 Å². The molecule has 3 nitrogen and oxygen atoms in total. The zero-order chi connectivity index (χ0) is 30.6. The van der Waals surface area contributed by atoms with Crippen LogP contribution in [0.15, 0.2) is 97.1 Å². The van der Waals surface area contributed by atoms with Gasteiger partial charge in [0.25, 0.3) is 0 Å². The van der Waals surface area contributed by atoms with Crippen LogP contribution >= 0.6 is 0 Å². The van der Waals surface area contributed by atoms with Gasteiger partial charge >= 0.3 is 7.48 Å². The second-order valence-electron chi connectivity index (χ2n) is 12.8. The van der Waals surface area contributed by atoms with Crippen LogP contribution < -0.4 is 5.46 Å². The molecule has 0 spiro atoms. The van der Waals surface area contributed by atoms with Gasteiger partial charge in [0.2, 0.25) is 0 Å². The molecule has 217 valence electrons. The highest BCUT2D eigenvalue weighted by Gasteiger charge is 2.35. The van der Waals surface area contributed by atoms with E-state index in [1.807, 2.05) is 38.1 Å². The molecule has 0 saturated carbocycles. The lowest BCUT2D eigenvalue weighted by atomic mass is 9.81. The minimum absolute atomic E-state index is 0.264. The van der Waals surface area contributed by atoms with Crippen molar-refractivity contribution in [3.8, 4) is 22.4 Å². The van der Waals surface area contributed by atoms with Crippen molar-refractivity contribution in [2.24, 2.45) is 0 Å². The van der Waals surface area contributed by atoms with Gasteiger partial charge in [-0.2, -0.15) is 0 Å². The van der Waals surface area contributed by atoms with E-state index < -0.39 is 11.2 Å². The Morgan fingerprint density at radius 3 is 2.27 bits per heavy atom. The number of rotatable bonds is 6. The van der Waals surface area contributed by atoms with Crippen LogP contribution in [-0.2, 0) is 11.1 Å². The zero-order valence-corrected chi connectivity index (χ0v) is 25.5. The molecule has 0 aliphatic heterocycles. The lowest BCUT2D eigenvalue weighted by molar-refractivity contribution is -0.0893. The van der Waals surface area contributed by atoms with Gasteiger partial charge in [-0.25, -0.2) is 9.37 Å². The van der Waals surface area contributed by atoms with Gasteiger partial charge in [0.05, 0.1) is 22.4 Å². The Kier molecular flexibility index (Phi) is 6.91. The number of fused-ring (bicyclic) bond motifs is 8. The van der Waals surface area contributed by atoms with Crippen LogP contribution in [0.25, 0.3) is 60.9 Å². The van der Waals surface area contributed by atoms with Gasteiger partial charge in [-0.1, -0.05) is 78.3 Å². The molecule has 0 unspecified atom stereocenters. The number of aryl methyl sites for hydroxylation is 1. The summed E-state index contributed by atoms with van der Waals surface area (Å²) in [7, 11) is 1.71. The maximum atomic E-state index is 14.0. The van der Waals surface area contributed by atoms with Crippen molar-refractivity contribution in [1.82, 2.24) is 4.98 Å². The number of benzene rings is 5. The molecule has 1 aliphatic carbocycles. The van der Waals surface area contributed by atoms with E-state index >= 15 is 0 Å². The number of pyridine rings is 1. The van der Waals surface area contributed by atoms with Crippen LogP contribution in [-0.4, -0.2) is 28.8 Å². The lowest BCUT2D eigenvalue weighted by Crippen LogP contribution is -2.49. The molecule has 0 bridgehead atoms. The Hall–Kier alpha value is -4.32. The molecule has 6 aromatic rings. The number of allylic oxidation sites excluding steroid dienone is 1. The molecular weight excluding hydrogens is 544 g/mol.